The molecule has 0 bridgehead atoms. The topological polar surface area (TPSA) is 89.5 Å². The number of nitrogens with zero attached hydrogens (tertiary/aromatic N) is 3. The Kier molecular flexibility index (Phi) is 7.62. The van der Waals surface area contributed by atoms with Gasteiger partial charge >= 0.3 is 0 Å². The smallest absolute Gasteiger partial charge is 0.244 e. The Morgan fingerprint density at radius 3 is 2.40 bits per heavy atom. The lowest BCUT2D eigenvalue weighted by molar-refractivity contribution is 0.0973. The van der Waals surface area contributed by atoms with E-state index in [1.54, 1.807) is 10.4 Å². The highest BCUT2D eigenvalue weighted by Gasteiger charge is 2.27. The zero-order chi connectivity index (χ0) is 25.0. The Labute approximate surface area is 207 Å². The fourth-order valence-corrected chi connectivity index (χ4v) is 5.76. The molecule has 1 fully saturated rings. The van der Waals surface area contributed by atoms with Gasteiger partial charge in [0.2, 0.25) is 15.9 Å². The summed E-state index contributed by atoms with van der Waals surface area (Å²) in [6.07, 6.45) is 4.66. The molecular formula is C27H31N3O4S. The lowest BCUT2D eigenvalue weighted by atomic mass is 9.82. The van der Waals surface area contributed by atoms with E-state index in [0.717, 1.165) is 29.5 Å². The van der Waals surface area contributed by atoms with Crippen LogP contribution in [-0.4, -0.2) is 55.2 Å². The number of rotatable bonds is 8. The molecule has 1 aliphatic heterocycles. The van der Waals surface area contributed by atoms with Crippen molar-refractivity contribution in [1.82, 2.24) is 14.5 Å². The van der Waals surface area contributed by atoms with Crippen LogP contribution < -0.4 is 4.74 Å². The van der Waals surface area contributed by atoms with Gasteiger partial charge in [-0.25, -0.2) is 12.7 Å². The number of aryl methyl sites for hydroxylation is 1. The molecule has 0 saturated carbocycles. The quantitative estimate of drug-likeness (QED) is 0.434. The Morgan fingerprint density at radius 1 is 1.09 bits per heavy atom. The molecule has 35 heavy (non-hydrogen) atoms. The first-order valence-corrected chi connectivity index (χ1v) is 13.6. The number of hydrogen-bond acceptors (Lipinski definition) is 6. The summed E-state index contributed by atoms with van der Waals surface area (Å²) < 4.78 is 30.5. The summed E-state index contributed by atoms with van der Waals surface area (Å²) in [7, 11) is -1.65. The molecule has 2 aromatic carbocycles. The molecular weight excluding hydrogens is 462 g/mol. The van der Waals surface area contributed by atoms with E-state index in [9.17, 15) is 13.2 Å². The van der Waals surface area contributed by atoms with E-state index in [1.807, 2.05) is 12.1 Å². The second-order valence-corrected chi connectivity index (χ2v) is 11.1. The molecule has 1 aliphatic rings. The Hall–Kier alpha value is -3.10. The maximum atomic E-state index is 13.3. The number of ketones is 1. The molecule has 4 rings (SSSR count). The van der Waals surface area contributed by atoms with Gasteiger partial charge in [0.1, 0.15) is 0 Å². The van der Waals surface area contributed by atoms with Crippen molar-refractivity contribution in [2.75, 3.05) is 26.5 Å². The predicted octanol–water partition coefficient (Wildman–Crippen LogP) is 4.34. The van der Waals surface area contributed by atoms with Crippen molar-refractivity contribution in [2.45, 2.75) is 38.0 Å². The zero-order valence-corrected chi connectivity index (χ0v) is 21.2. The van der Waals surface area contributed by atoms with Gasteiger partial charge < -0.3 is 4.74 Å². The largest absolute Gasteiger partial charge is 0.479 e. The van der Waals surface area contributed by atoms with Crippen LogP contribution in [0, 0.1) is 6.92 Å². The summed E-state index contributed by atoms with van der Waals surface area (Å²) in [4.78, 5) is 13.3. The van der Waals surface area contributed by atoms with E-state index in [0.29, 0.717) is 24.6 Å². The normalized spacial score (nSPS) is 16.1. The molecule has 7 nitrogen and oxygen atoms in total. The second kappa shape index (κ2) is 10.7. The summed E-state index contributed by atoms with van der Waals surface area (Å²) in [6, 6.07) is 18.2. The molecule has 1 unspecified atom stereocenters. The van der Waals surface area contributed by atoms with Crippen molar-refractivity contribution in [3.05, 3.63) is 88.6 Å². The van der Waals surface area contributed by atoms with Crippen molar-refractivity contribution in [1.29, 1.82) is 0 Å². The summed E-state index contributed by atoms with van der Waals surface area (Å²) in [6.45, 7) is 3.16. The number of sulfonamides is 1. The van der Waals surface area contributed by atoms with Crippen LogP contribution in [0.15, 0.2) is 60.8 Å². The minimum absolute atomic E-state index is 0.0535. The number of aromatic nitrogens is 2. The number of carbonyl (C=O) groups excluding carboxylic acids is 1. The molecule has 1 atom stereocenters. The van der Waals surface area contributed by atoms with Gasteiger partial charge in [0.05, 0.1) is 25.1 Å². The number of methoxy groups -OCH3 is 1. The average Bonchev–Trinajstić information content (AvgIpc) is 2.87. The van der Waals surface area contributed by atoms with Crippen molar-refractivity contribution < 1.29 is 17.9 Å². The monoisotopic (exact) mass is 493 g/mol. The number of piperidine rings is 1. The van der Waals surface area contributed by atoms with E-state index in [-0.39, 0.29) is 24.0 Å². The second-order valence-electron chi connectivity index (χ2n) is 9.09. The van der Waals surface area contributed by atoms with Crippen molar-refractivity contribution >= 4 is 15.8 Å². The van der Waals surface area contributed by atoms with Crippen LogP contribution in [-0.2, 0) is 10.0 Å². The molecule has 0 radical (unpaired) electrons. The number of carbonyl (C=O) groups is 1. The third kappa shape index (κ3) is 5.77. The van der Waals surface area contributed by atoms with E-state index < -0.39 is 10.0 Å². The van der Waals surface area contributed by atoms with Gasteiger partial charge in [-0.2, -0.15) is 5.10 Å². The molecule has 8 heteroatoms. The molecule has 1 aromatic heterocycles. The maximum absolute atomic E-state index is 13.3. The molecule has 0 spiro atoms. The predicted molar refractivity (Wildman–Crippen MR) is 135 cm³/mol. The first-order valence-electron chi connectivity index (χ1n) is 11.8. The number of hydrogen-bond donors (Lipinski definition) is 0. The number of ether oxygens (including phenoxy) is 1. The van der Waals surface area contributed by atoms with Crippen LogP contribution in [0.25, 0.3) is 0 Å². The van der Waals surface area contributed by atoms with Crippen LogP contribution in [0.1, 0.15) is 63.7 Å². The summed E-state index contributed by atoms with van der Waals surface area (Å²) >= 11 is 0. The van der Waals surface area contributed by atoms with Gasteiger partial charge in [-0.15, -0.1) is 5.10 Å². The van der Waals surface area contributed by atoms with E-state index in [2.05, 4.69) is 53.5 Å². The highest BCUT2D eigenvalue weighted by molar-refractivity contribution is 7.88. The van der Waals surface area contributed by atoms with Crippen LogP contribution in [0.2, 0.25) is 0 Å². The fourth-order valence-electron chi connectivity index (χ4n) is 4.88. The molecule has 3 aromatic rings. The molecule has 2 heterocycles. The highest BCUT2D eigenvalue weighted by atomic mass is 32.2. The number of benzene rings is 2. The van der Waals surface area contributed by atoms with Gasteiger partial charge in [0.15, 0.2) is 5.78 Å². The lowest BCUT2D eigenvalue weighted by Crippen LogP contribution is -2.37. The van der Waals surface area contributed by atoms with Crippen LogP contribution in [0.4, 0.5) is 0 Å². The lowest BCUT2D eigenvalue weighted by Gasteiger charge is -2.30. The fraction of sp³-hybridized carbons (Fsp3) is 0.370. The molecule has 0 aliphatic carbocycles. The molecule has 0 N–H and O–H groups in total. The van der Waals surface area contributed by atoms with Crippen LogP contribution in [0.5, 0.6) is 5.88 Å². The maximum Gasteiger partial charge on any atom is 0.244 e. The average molecular weight is 494 g/mol. The van der Waals surface area contributed by atoms with Gasteiger partial charge in [-0.1, -0.05) is 48.5 Å². The summed E-state index contributed by atoms with van der Waals surface area (Å²) in [5.41, 5.74) is 4.93. The molecule has 1 saturated heterocycles. The summed E-state index contributed by atoms with van der Waals surface area (Å²) in [5.74, 6) is 0.384. The Balaban J connectivity index is 1.59. The minimum Gasteiger partial charge on any atom is -0.479 e. The Morgan fingerprint density at radius 2 is 1.77 bits per heavy atom. The van der Waals surface area contributed by atoms with Gasteiger partial charge in [-0.3, -0.25) is 4.79 Å². The van der Waals surface area contributed by atoms with Crippen molar-refractivity contribution in [3.63, 3.8) is 0 Å². The Bertz CT molecular complexity index is 1280. The first kappa shape index (κ1) is 25.0. The van der Waals surface area contributed by atoms with Crippen molar-refractivity contribution in [2.24, 2.45) is 0 Å². The van der Waals surface area contributed by atoms with E-state index in [1.165, 1.54) is 25.1 Å². The van der Waals surface area contributed by atoms with Crippen molar-refractivity contribution in [3.8, 4) is 5.88 Å². The zero-order valence-electron chi connectivity index (χ0n) is 20.3. The van der Waals surface area contributed by atoms with Gasteiger partial charge in [0.25, 0.3) is 0 Å². The molecule has 0 amide bonds. The standard InChI is InChI=1S/C27H31N3O4S/c1-19-6-4-5-7-23(19)25(18-26(31)24-12-15-28-29-27(24)34-2)22-10-8-20(9-11-22)21-13-16-30(17-14-21)35(3,32)33/h4-12,15,21,25H,13-14,16-18H2,1-3H3. The van der Waals surface area contributed by atoms with Gasteiger partial charge in [-0.05, 0) is 54.0 Å². The van der Waals surface area contributed by atoms with Crippen LogP contribution >= 0.6 is 0 Å². The number of Topliss-reactive ketones (excluding diaryl/α,β-unsaturated/α-hetero) is 1. The van der Waals surface area contributed by atoms with Gasteiger partial charge in [0, 0.05) is 25.4 Å². The third-order valence-electron chi connectivity index (χ3n) is 6.87. The minimum atomic E-state index is -3.14. The summed E-state index contributed by atoms with van der Waals surface area (Å²) in [5, 5.41) is 7.75. The third-order valence-corrected chi connectivity index (χ3v) is 8.17. The van der Waals surface area contributed by atoms with E-state index in [4.69, 9.17) is 4.74 Å². The van der Waals surface area contributed by atoms with Crippen LogP contribution in [0.3, 0.4) is 0 Å². The van der Waals surface area contributed by atoms with E-state index >= 15 is 0 Å². The first-order chi connectivity index (χ1) is 16.8. The molecule has 184 valence electrons. The highest BCUT2D eigenvalue weighted by Crippen LogP contribution is 2.35. The SMILES string of the molecule is COc1nnccc1C(=O)CC(c1ccc(C2CCN(S(C)(=O)=O)CC2)cc1)c1ccccc1C.